The monoisotopic (exact) mass is 232 g/mol. The molecule has 0 heterocycles. The number of nitrogens with two attached hydrogens (primary N) is 2. The van der Waals surface area contributed by atoms with Crippen molar-refractivity contribution >= 4 is 5.97 Å². The summed E-state index contributed by atoms with van der Waals surface area (Å²) in [4.78, 5) is 10.3. The van der Waals surface area contributed by atoms with Crippen LogP contribution in [0.2, 0.25) is 0 Å². The first-order valence-electron chi connectivity index (χ1n) is 5.63. The van der Waals surface area contributed by atoms with Crippen molar-refractivity contribution in [1.29, 1.82) is 0 Å². The van der Waals surface area contributed by atoms with Gasteiger partial charge in [-0.25, -0.2) is 0 Å². The number of carboxylic acids is 1. The van der Waals surface area contributed by atoms with Crippen molar-refractivity contribution in [3.63, 3.8) is 0 Å². The van der Waals surface area contributed by atoms with Gasteiger partial charge in [-0.15, -0.1) is 0 Å². The lowest BCUT2D eigenvalue weighted by molar-refractivity contribution is -0.307. The van der Waals surface area contributed by atoms with Crippen LogP contribution in [-0.2, 0) is 4.79 Å². The Balaban J connectivity index is 3.24. The molecule has 0 aromatic heterocycles. The highest BCUT2D eigenvalue weighted by Crippen LogP contribution is 1.97. The zero-order valence-electron chi connectivity index (χ0n) is 9.52. The van der Waals surface area contributed by atoms with Gasteiger partial charge in [0.25, 0.3) is 0 Å². The lowest BCUT2D eigenvalue weighted by Gasteiger charge is -2.13. The molecule has 0 aromatic rings. The average Bonchev–Trinajstić information content (AvgIpc) is 2.23. The fraction of sp³-hybridized carbons (Fsp3) is 0.900. The fourth-order valence-electron chi connectivity index (χ4n) is 1.30. The second-order valence-corrected chi connectivity index (χ2v) is 3.86. The number of hydrogen-bond donors (Lipinski definition) is 4. The highest BCUT2D eigenvalue weighted by Gasteiger charge is 2.03. The van der Waals surface area contributed by atoms with E-state index in [2.05, 4.69) is 5.32 Å². The number of nitrogens with one attached hydrogen (secondary N) is 1. The number of unbranched alkanes of at least 4 members (excludes halogenated alkanes) is 1. The van der Waals surface area contributed by atoms with Crippen molar-refractivity contribution < 1.29 is 15.0 Å². The van der Waals surface area contributed by atoms with Gasteiger partial charge in [-0.05, 0) is 32.4 Å². The van der Waals surface area contributed by atoms with Crippen LogP contribution in [0.25, 0.3) is 0 Å². The topological polar surface area (TPSA) is 124 Å². The minimum Gasteiger partial charge on any atom is -0.548 e. The van der Waals surface area contributed by atoms with Crippen molar-refractivity contribution in [3.8, 4) is 0 Å². The Morgan fingerprint density at radius 3 is 2.62 bits per heavy atom. The molecule has 0 aromatic carbocycles. The molecule has 0 amide bonds. The van der Waals surface area contributed by atoms with E-state index in [0.717, 1.165) is 19.4 Å². The Bertz CT molecular complexity index is 190. The molecule has 0 aliphatic carbocycles. The summed E-state index contributed by atoms with van der Waals surface area (Å²) in [5.41, 5.74) is 10.6. The van der Waals surface area contributed by atoms with Crippen LogP contribution in [0.4, 0.5) is 0 Å². The van der Waals surface area contributed by atoms with Crippen LogP contribution in [0.15, 0.2) is 0 Å². The van der Waals surface area contributed by atoms with Crippen molar-refractivity contribution in [3.05, 3.63) is 0 Å². The van der Waals surface area contributed by atoms with Gasteiger partial charge < -0.3 is 31.8 Å². The third-order valence-electron chi connectivity index (χ3n) is 2.30. The van der Waals surface area contributed by atoms with E-state index in [1.807, 2.05) is 0 Å². The normalized spacial score (nSPS) is 14.7. The minimum atomic E-state index is -1.20. The molecule has 96 valence electrons. The van der Waals surface area contributed by atoms with Crippen molar-refractivity contribution in [1.82, 2.24) is 5.32 Å². The van der Waals surface area contributed by atoms with E-state index in [9.17, 15) is 15.0 Å². The Kier molecular flexibility index (Phi) is 9.12. The largest absolute Gasteiger partial charge is 0.548 e. The molecule has 0 saturated heterocycles. The number of aliphatic hydroxyl groups is 1. The first kappa shape index (κ1) is 15.3. The summed E-state index contributed by atoms with van der Waals surface area (Å²) in [7, 11) is 0. The summed E-state index contributed by atoms with van der Waals surface area (Å²) in [6.07, 6.45) is 2.17. The molecule has 0 rings (SSSR count). The quantitative estimate of drug-likeness (QED) is 0.309. The SMILES string of the molecule is NCCC(O)CNCCCCC(N)C(=O)[O-]. The van der Waals surface area contributed by atoms with Gasteiger partial charge >= 0.3 is 0 Å². The Morgan fingerprint density at radius 2 is 2.06 bits per heavy atom. The van der Waals surface area contributed by atoms with Gasteiger partial charge in [-0.1, -0.05) is 6.42 Å². The summed E-state index contributed by atoms with van der Waals surface area (Å²) in [6, 6.07) is -0.872. The third kappa shape index (κ3) is 8.60. The molecule has 0 bridgehead atoms. The second kappa shape index (κ2) is 9.53. The molecule has 6 heteroatoms. The van der Waals surface area contributed by atoms with E-state index in [0.29, 0.717) is 25.9 Å². The van der Waals surface area contributed by atoms with E-state index in [4.69, 9.17) is 11.5 Å². The standard InChI is InChI=1S/C10H23N3O3/c11-5-4-8(14)7-13-6-2-1-3-9(12)10(15)16/h8-9,13-14H,1-7,11-12H2,(H,15,16)/p-1. The van der Waals surface area contributed by atoms with Crippen LogP contribution in [0.5, 0.6) is 0 Å². The number of carbonyl (C=O) groups excluding carboxylic acids is 1. The maximum atomic E-state index is 10.3. The van der Waals surface area contributed by atoms with Gasteiger partial charge in [0.15, 0.2) is 0 Å². The molecule has 0 saturated carbocycles. The second-order valence-electron chi connectivity index (χ2n) is 3.86. The Morgan fingerprint density at radius 1 is 1.38 bits per heavy atom. The van der Waals surface area contributed by atoms with Gasteiger partial charge in [0, 0.05) is 12.6 Å². The van der Waals surface area contributed by atoms with Crippen LogP contribution >= 0.6 is 0 Å². The predicted molar refractivity (Wildman–Crippen MR) is 59.4 cm³/mol. The minimum absolute atomic E-state index is 0.407. The number of carboxylic acid groups (broad SMARTS) is 1. The zero-order valence-corrected chi connectivity index (χ0v) is 9.52. The zero-order chi connectivity index (χ0) is 12.4. The first-order chi connectivity index (χ1) is 7.57. The third-order valence-corrected chi connectivity index (χ3v) is 2.30. The van der Waals surface area contributed by atoms with E-state index in [-0.39, 0.29) is 0 Å². The average molecular weight is 232 g/mol. The summed E-state index contributed by atoms with van der Waals surface area (Å²) in [5.74, 6) is -1.20. The highest BCUT2D eigenvalue weighted by atomic mass is 16.4. The predicted octanol–water partition coefficient (Wildman–Crippen LogP) is -2.47. The number of carbonyl (C=O) groups is 1. The van der Waals surface area contributed by atoms with Gasteiger partial charge in [0.05, 0.1) is 12.1 Å². The smallest absolute Gasteiger partial charge is 0.0676 e. The van der Waals surface area contributed by atoms with Crippen LogP contribution in [0.3, 0.4) is 0 Å². The highest BCUT2D eigenvalue weighted by molar-refractivity contribution is 5.70. The molecule has 0 spiro atoms. The number of aliphatic carboxylic acids is 1. The summed E-state index contributed by atoms with van der Waals surface area (Å²) in [6.45, 7) is 1.73. The van der Waals surface area contributed by atoms with Crippen LogP contribution < -0.4 is 21.9 Å². The first-order valence-corrected chi connectivity index (χ1v) is 5.63. The molecule has 6 nitrogen and oxygen atoms in total. The molecular formula is C10H22N3O3-. The lowest BCUT2D eigenvalue weighted by Crippen LogP contribution is -2.41. The van der Waals surface area contributed by atoms with E-state index < -0.39 is 18.1 Å². The van der Waals surface area contributed by atoms with Crippen molar-refractivity contribution in [2.24, 2.45) is 11.5 Å². The Hall–Kier alpha value is -0.690. The number of rotatable bonds is 10. The number of aliphatic hydroxyl groups excluding tert-OH is 1. The number of hydrogen-bond acceptors (Lipinski definition) is 6. The summed E-state index contributed by atoms with van der Waals surface area (Å²) >= 11 is 0. The lowest BCUT2D eigenvalue weighted by atomic mass is 10.1. The molecule has 0 aliphatic rings. The van der Waals surface area contributed by atoms with Gasteiger partial charge in [-0.2, -0.15) is 0 Å². The Labute approximate surface area is 96.0 Å². The maximum absolute atomic E-state index is 10.3. The van der Waals surface area contributed by atoms with Crippen molar-refractivity contribution in [2.45, 2.75) is 37.8 Å². The van der Waals surface area contributed by atoms with Gasteiger partial charge in [0.2, 0.25) is 0 Å². The molecule has 0 fully saturated rings. The molecule has 0 aliphatic heterocycles. The fourth-order valence-corrected chi connectivity index (χ4v) is 1.30. The van der Waals surface area contributed by atoms with Crippen molar-refractivity contribution in [2.75, 3.05) is 19.6 Å². The van der Waals surface area contributed by atoms with Crippen LogP contribution in [0.1, 0.15) is 25.7 Å². The molecule has 2 atom stereocenters. The van der Waals surface area contributed by atoms with Crippen LogP contribution in [-0.4, -0.2) is 42.9 Å². The molecular weight excluding hydrogens is 210 g/mol. The van der Waals surface area contributed by atoms with Crippen LogP contribution in [0, 0.1) is 0 Å². The van der Waals surface area contributed by atoms with Gasteiger partial charge in [0.1, 0.15) is 0 Å². The molecule has 0 radical (unpaired) electrons. The molecule has 6 N–H and O–H groups in total. The summed E-state index contributed by atoms with van der Waals surface area (Å²) < 4.78 is 0. The maximum Gasteiger partial charge on any atom is 0.0676 e. The molecule has 2 unspecified atom stereocenters. The molecule has 16 heavy (non-hydrogen) atoms. The van der Waals surface area contributed by atoms with Gasteiger partial charge in [-0.3, -0.25) is 0 Å². The van der Waals surface area contributed by atoms with E-state index in [1.165, 1.54) is 0 Å². The van der Waals surface area contributed by atoms with E-state index in [1.54, 1.807) is 0 Å². The van der Waals surface area contributed by atoms with E-state index >= 15 is 0 Å². The summed E-state index contributed by atoms with van der Waals surface area (Å²) in [5, 5.41) is 22.7.